The summed E-state index contributed by atoms with van der Waals surface area (Å²) < 4.78 is 11.1. The molecule has 0 spiro atoms. The minimum atomic E-state index is -0.524. The third kappa shape index (κ3) is 3.91. The van der Waals surface area contributed by atoms with Gasteiger partial charge in [0.05, 0.1) is 18.9 Å². The van der Waals surface area contributed by atoms with E-state index in [-0.39, 0.29) is 12.1 Å². The molecule has 0 bridgehead atoms. The molecule has 3 heterocycles. The van der Waals surface area contributed by atoms with Gasteiger partial charge in [0, 0.05) is 29.9 Å². The average Bonchev–Trinajstić information content (AvgIpc) is 3.04. The predicted molar refractivity (Wildman–Crippen MR) is 91.8 cm³/mol. The molecule has 7 heteroatoms. The Labute approximate surface area is 145 Å². The summed E-state index contributed by atoms with van der Waals surface area (Å²) in [5.74, 6) is 0. The number of hydrogen-bond acceptors (Lipinski definition) is 6. The SMILES string of the molecule is CC(C)(C)OC(=O)N1CCOCC1c1nc(-c2cccnc2)cs1. The topological polar surface area (TPSA) is 64.5 Å². The minimum absolute atomic E-state index is 0.218. The van der Waals surface area contributed by atoms with Gasteiger partial charge in [0.15, 0.2) is 0 Å². The van der Waals surface area contributed by atoms with Crippen molar-refractivity contribution in [2.75, 3.05) is 19.8 Å². The standard InChI is InChI=1S/C17H21N3O3S/c1-17(2,3)23-16(21)20-7-8-22-10-14(20)15-19-13(11-24-15)12-5-4-6-18-9-12/h4-6,9,11,14H,7-8,10H2,1-3H3. The molecule has 0 N–H and O–H groups in total. The van der Waals surface area contributed by atoms with Gasteiger partial charge in [-0.25, -0.2) is 9.78 Å². The lowest BCUT2D eigenvalue weighted by Crippen LogP contribution is -2.45. The van der Waals surface area contributed by atoms with Crippen LogP contribution in [0.5, 0.6) is 0 Å². The van der Waals surface area contributed by atoms with Crippen LogP contribution in [0.3, 0.4) is 0 Å². The van der Waals surface area contributed by atoms with Crippen LogP contribution in [0.15, 0.2) is 29.9 Å². The van der Waals surface area contributed by atoms with Crippen LogP contribution in [0.2, 0.25) is 0 Å². The third-order valence-electron chi connectivity index (χ3n) is 3.52. The van der Waals surface area contributed by atoms with E-state index in [2.05, 4.69) is 9.97 Å². The smallest absolute Gasteiger partial charge is 0.411 e. The number of ether oxygens (including phenoxy) is 2. The molecular weight excluding hydrogens is 326 g/mol. The van der Waals surface area contributed by atoms with Gasteiger partial charge >= 0.3 is 6.09 Å². The second-order valence-corrected chi connectivity index (χ2v) is 7.47. The van der Waals surface area contributed by atoms with Crippen molar-refractivity contribution in [3.8, 4) is 11.3 Å². The van der Waals surface area contributed by atoms with E-state index in [0.717, 1.165) is 16.3 Å². The molecule has 6 nitrogen and oxygen atoms in total. The molecule has 1 unspecified atom stereocenters. The van der Waals surface area contributed by atoms with Crippen LogP contribution in [0.4, 0.5) is 4.79 Å². The molecule has 128 valence electrons. The van der Waals surface area contributed by atoms with E-state index in [1.807, 2.05) is 38.3 Å². The lowest BCUT2D eigenvalue weighted by atomic mass is 10.2. The van der Waals surface area contributed by atoms with Crippen LogP contribution in [0.25, 0.3) is 11.3 Å². The lowest BCUT2D eigenvalue weighted by Gasteiger charge is -2.35. The summed E-state index contributed by atoms with van der Waals surface area (Å²) in [6.07, 6.45) is 3.19. The zero-order valence-corrected chi connectivity index (χ0v) is 14.9. The van der Waals surface area contributed by atoms with Gasteiger partial charge in [-0.1, -0.05) is 0 Å². The summed E-state index contributed by atoms with van der Waals surface area (Å²) in [4.78, 5) is 23.0. The summed E-state index contributed by atoms with van der Waals surface area (Å²) >= 11 is 1.52. The first-order chi connectivity index (χ1) is 11.4. The summed E-state index contributed by atoms with van der Waals surface area (Å²) in [7, 11) is 0. The van der Waals surface area contributed by atoms with Crippen LogP contribution >= 0.6 is 11.3 Å². The number of hydrogen-bond donors (Lipinski definition) is 0. The molecular formula is C17H21N3O3S. The first kappa shape index (κ1) is 16.9. The van der Waals surface area contributed by atoms with Gasteiger partial charge in [0.25, 0.3) is 0 Å². The molecule has 1 atom stereocenters. The Bertz CT molecular complexity index is 697. The number of thiazole rings is 1. The molecule has 2 aromatic heterocycles. The molecule has 0 saturated carbocycles. The highest BCUT2D eigenvalue weighted by molar-refractivity contribution is 7.10. The average molecular weight is 347 g/mol. The molecule has 1 fully saturated rings. The Balaban J connectivity index is 1.81. The highest BCUT2D eigenvalue weighted by atomic mass is 32.1. The van der Waals surface area contributed by atoms with E-state index in [0.29, 0.717) is 19.8 Å². The first-order valence-corrected chi connectivity index (χ1v) is 8.75. The third-order valence-corrected chi connectivity index (χ3v) is 4.47. The quantitative estimate of drug-likeness (QED) is 0.832. The second kappa shape index (κ2) is 6.86. The summed E-state index contributed by atoms with van der Waals surface area (Å²) in [5, 5.41) is 2.83. The number of rotatable bonds is 2. The number of nitrogens with zero attached hydrogens (tertiary/aromatic N) is 3. The number of amides is 1. The van der Waals surface area contributed by atoms with Gasteiger partial charge in [0.1, 0.15) is 16.7 Å². The zero-order chi connectivity index (χ0) is 17.2. The van der Waals surface area contributed by atoms with Gasteiger partial charge in [-0.2, -0.15) is 0 Å². The normalized spacial score (nSPS) is 18.5. The van der Waals surface area contributed by atoms with Crippen molar-refractivity contribution in [2.24, 2.45) is 0 Å². The van der Waals surface area contributed by atoms with Crippen molar-refractivity contribution in [3.05, 3.63) is 34.9 Å². The predicted octanol–water partition coefficient (Wildman–Crippen LogP) is 3.51. The van der Waals surface area contributed by atoms with Gasteiger partial charge in [-0.05, 0) is 32.9 Å². The summed E-state index contributed by atoms with van der Waals surface area (Å²) in [6.45, 7) is 7.04. The Morgan fingerprint density at radius 1 is 1.46 bits per heavy atom. The zero-order valence-electron chi connectivity index (χ0n) is 14.1. The van der Waals surface area contributed by atoms with Gasteiger partial charge in [0.2, 0.25) is 0 Å². The number of pyridine rings is 1. The maximum atomic E-state index is 12.5. The Hall–Kier alpha value is -1.99. The number of carbonyl (C=O) groups is 1. The maximum absolute atomic E-state index is 12.5. The Morgan fingerprint density at radius 3 is 3.00 bits per heavy atom. The number of morpholine rings is 1. The number of carbonyl (C=O) groups excluding carboxylic acids is 1. The highest BCUT2D eigenvalue weighted by Gasteiger charge is 2.33. The van der Waals surface area contributed by atoms with Crippen LogP contribution < -0.4 is 0 Å². The number of aromatic nitrogens is 2. The first-order valence-electron chi connectivity index (χ1n) is 7.87. The fourth-order valence-corrected chi connectivity index (χ4v) is 3.36. The summed E-state index contributed by atoms with van der Waals surface area (Å²) in [6, 6.07) is 3.63. The minimum Gasteiger partial charge on any atom is -0.444 e. The molecule has 3 rings (SSSR count). The second-order valence-electron chi connectivity index (χ2n) is 6.58. The van der Waals surface area contributed by atoms with Crippen LogP contribution in [0.1, 0.15) is 31.8 Å². The molecule has 24 heavy (non-hydrogen) atoms. The van der Waals surface area contributed by atoms with Crippen molar-refractivity contribution in [2.45, 2.75) is 32.4 Å². The van der Waals surface area contributed by atoms with Crippen molar-refractivity contribution in [3.63, 3.8) is 0 Å². The largest absolute Gasteiger partial charge is 0.444 e. The van der Waals surface area contributed by atoms with E-state index >= 15 is 0 Å². The van der Waals surface area contributed by atoms with Gasteiger partial charge in [-0.3, -0.25) is 9.88 Å². The molecule has 0 radical (unpaired) electrons. The fourth-order valence-electron chi connectivity index (χ4n) is 2.43. The van der Waals surface area contributed by atoms with E-state index in [1.54, 1.807) is 17.3 Å². The van der Waals surface area contributed by atoms with E-state index < -0.39 is 5.60 Å². The van der Waals surface area contributed by atoms with Gasteiger partial charge < -0.3 is 9.47 Å². The molecule has 1 aliphatic heterocycles. The Kier molecular flexibility index (Phi) is 4.82. The van der Waals surface area contributed by atoms with Crippen molar-refractivity contribution in [1.29, 1.82) is 0 Å². The molecule has 2 aromatic rings. The lowest BCUT2D eigenvalue weighted by molar-refractivity contribution is -0.0331. The monoisotopic (exact) mass is 347 g/mol. The molecule has 0 aliphatic carbocycles. The molecule has 1 amide bonds. The van der Waals surface area contributed by atoms with E-state index in [1.165, 1.54) is 11.3 Å². The van der Waals surface area contributed by atoms with Gasteiger partial charge in [-0.15, -0.1) is 11.3 Å². The molecule has 1 saturated heterocycles. The van der Waals surface area contributed by atoms with E-state index in [4.69, 9.17) is 9.47 Å². The Morgan fingerprint density at radius 2 is 2.29 bits per heavy atom. The van der Waals surface area contributed by atoms with Crippen LogP contribution in [-0.2, 0) is 9.47 Å². The molecule has 1 aliphatic rings. The van der Waals surface area contributed by atoms with E-state index in [9.17, 15) is 4.79 Å². The van der Waals surface area contributed by atoms with Crippen molar-refractivity contribution >= 4 is 17.4 Å². The molecule has 0 aromatic carbocycles. The fraction of sp³-hybridized carbons (Fsp3) is 0.471. The van der Waals surface area contributed by atoms with Crippen molar-refractivity contribution < 1.29 is 14.3 Å². The van der Waals surface area contributed by atoms with Crippen LogP contribution in [0, 0.1) is 0 Å². The maximum Gasteiger partial charge on any atom is 0.411 e. The highest BCUT2D eigenvalue weighted by Crippen LogP contribution is 2.31. The summed E-state index contributed by atoms with van der Waals surface area (Å²) in [5.41, 5.74) is 1.29. The van der Waals surface area contributed by atoms with Crippen molar-refractivity contribution in [1.82, 2.24) is 14.9 Å². The van der Waals surface area contributed by atoms with Crippen LogP contribution in [-0.4, -0.2) is 46.3 Å².